The zero-order valence-corrected chi connectivity index (χ0v) is 11.4. The number of ether oxygens (including phenoxy) is 1. The van der Waals surface area contributed by atoms with Crippen LogP contribution in [0.15, 0.2) is 18.3 Å². The number of nitrogens with zero attached hydrogens (tertiary/aromatic N) is 3. The van der Waals surface area contributed by atoms with Gasteiger partial charge in [0.2, 0.25) is 0 Å². The zero-order valence-electron chi connectivity index (χ0n) is 11.4. The van der Waals surface area contributed by atoms with Gasteiger partial charge in [0, 0.05) is 46.0 Å². The van der Waals surface area contributed by atoms with E-state index in [0.29, 0.717) is 25.5 Å². The van der Waals surface area contributed by atoms with Crippen LogP contribution < -0.4 is 4.90 Å². The fourth-order valence-electron chi connectivity index (χ4n) is 2.19. The Hall–Kier alpha value is -1.34. The highest BCUT2D eigenvalue weighted by molar-refractivity contribution is 5.42. The summed E-state index contributed by atoms with van der Waals surface area (Å²) in [5, 5.41) is 0. The molecule has 0 N–H and O–H groups in total. The predicted octanol–water partition coefficient (Wildman–Crippen LogP) is 1.87. The predicted molar refractivity (Wildman–Crippen MR) is 69.8 cm³/mol. The van der Waals surface area contributed by atoms with Crippen LogP contribution in [0.3, 0.4) is 0 Å². The number of aromatic nitrogens is 1. The van der Waals surface area contributed by atoms with Gasteiger partial charge in [0.05, 0.1) is 12.2 Å². The molecule has 1 aromatic rings. The Bertz CT molecular complexity index is 431. The van der Waals surface area contributed by atoms with Gasteiger partial charge in [-0.25, -0.2) is 4.98 Å². The zero-order chi connectivity index (χ0) is 14.6. The van der Waals surface area contributed by atoms with Crippen molar-refractivity contribution in [2.45, 2.75) is 6.18 Å². The lowest BCUT2D eigenvalue weighted by Gasteiger charge is -2.35. The van der Waals surface area contributed by atoms with Gasteiger partial charge in [0.25, 0.3) is 0 Å². The summed E-state index contributed by atoms with van der Waals surface area (Å²) in [6.07, 6.45) is -3.10. The van der Waals surface area contributed by atoms with Crippen molar-refractivity contribution in [1.82, 2.24) is 9.88 Å². The maximum absolute atomic E-state index is 12.7. The van der Waals surface area contributed by atoms with Crippen molar-refractivity contribution in [2.24, 2.45) is 0 Å². The monoisotopic (exact) mass is 289 g/mol. The highest BCUT2D eigenvalue weighted by atomic mass is 19.4. The van der Waals surface area contributed by atoms with E-state index in [1.165, 1.54) is 6.20 Å². The van der Waals surface area contributed by atoms with E-state index in [-0.39, 0.29) is 0 Å². The normalized spacial score (nSPS) is 17.5. The van der Waals surface area contributed by atoms with Crippen LogP contribution in [0.1, 0.15) is 5.56 Å². The summed E-state index contributed by atoms with van der Waals surface area (Å²) >= 11 is 0. The van der Waals surface area contributed by atoms with Gasteiger partial charge >= 0.3 is 6.18 Å². The number of halogens is 3. The van der Waals surface area contributed by atoms with Crippen molar-refractivity contribution >= 4 is 5.82 Å². The SMILES string of the molecule is COCCN1CCN(c2cc(C(F)(F)F)ccn2)CC1. The molecular formula is C13H18F3N3O. The van der Waals surface area contributed by atoms with E-state index in [1.54, 1.807) is 7.11 Å². The number of piperazine rings is 1. The molecule has 2 rings (SSSR count). The van der Waals surface area contributed by atoms with Gasteiger partial charge in [0.1, 0.15) is 5.82 Å². The number of anilines is 1. The van der Waals surface area contributed by atoms with Crippen molar-refractivity contribution in [3.8, 4) is 0 Å². The van der Waals surface area contributed by atoms with E-state index >= 15 is 0 Å². The molecule has 1 aliphatic rings. The lowest BCUT2D eigenvalue weighted by Crippen LogP contribution is -2.47. The van der Waals surface area contributed by atoms with Gasteiger partial charge in [-0.1, -0.05) is 0 Å². The summed E-state index contributed by atoms with van der Waals surface area (Å²) in [7, 11) is 1.66. The number of pyridine rings is 1. The van der Waals surface area contributed by atoms with E-state index in [4.69, 9.17) is 4.74 Å². The van der Waals surface area contributed by atoms with Crippen molar-refractivity contribution in [3.63, 3.8) is 0 Å². The minimum atomic E-state index is -4.32. The second-order valence-electron chi connectivity index (χ2n) is 4.72. The minimum absolute atomic E-state index is 0.395. The van der Waals surface area contributed by atoms with Crippen molar-refractivity contribution in [3.05, 3.63) is 23.9 Å². The fraction of sp³-hybridized carbons (Fsp3) is 0.615. The molecule has 0 atom stereocenters. The smallest absolute Gasteiger partial charge is 0.383 e. The Morgan fingerprint density at radius 3 is 2.55 bits per heavy atom. The first-order valence-corrected chi connectivity index (χ1v) is 6.50. The van der Waals surface area contributed by atoms with Crippen LogP contribution in [0.5, 0.6) is 0 Å². The number of alkyl halides is 3. The van der Waals surface area contributed by atoms with Crippen molar-refractivity contribution in [1.29, 1.82) is 0 Å². The molecule has 0 amide bonds. The minimum Gasteiger partial charge on any atom is -0.383 e. The van der Waals surface area contributed by atoms with Crippen LogP contribution in [0.4, 0.5) is 19.0 Å². The molecule has 7 heteroatoms. The Kier molecular flexibility index (Phi) is 4.82. The summed E-state index contributed by atoms with van der Waals surface area (Å²) < 4.78 is 43.0. The molecule has 0 saturated carbocycles. The Labute approximate surface area is 116 Å². The average Bonchev–Trinajstić information content (AvgIpc) is 2.45. The summed E-state index contributed by atoms with van der Waals surface area (Å²) in [6.45, 7) is 4.49. The second kappa shape index (κ2) is 6.41. The molecule has 1 fully saturated rings. The highest BCUT2D eigenvalue weighted by Gasteiger charge is 2.31. The third-order valence-electron chi connectivity index (χ3n) is 3.38. The molecule has 0 unspecified atom stereocenters. The van der Waals surface area contributed by atoms with Crippen LogP contribution in [0, 0.1) is 0 Å². The first kappa shape index (κ1) is 15.1. The van der Waals surface area contributed by atoms with E-state index in [9.17, 15) is 13.2 Å². The number of hydrogen-bond donors (Lipinski definition) is 0. The molecule has 0 radical (unpaired) electrons. The standard InChI is InChI=1S/C13H18F3N3O/c1-20-9-8-18-4-6-19(7-5-18)12-10-11(2-3-17-12)13(14,15)16/h2-3,10H,4-9H2,1H3. The maximum Gasteiger partial charge on any atom is 0.416 e. The molecule has 1 aliphatic heterocycles. The lowest BCUT2D eigenvalue weighted by molar-refractivity contribution is -0.137. The first-order chi connectivity index (χ1) is 9.50. The molecule has 0 aromatic carbocycles. The number of methoxy groups -OCH3 is 1. The quantitative estimate of drug-likeness (QED) is 0.846. The Morgan fingerprint density at radius 2 is 1.95 bits per heavy atom. The fourth-order valence-corrected chi connectivity index (χ4v) is 2.19. The van der Waals surface area contributed by atoms with Crippen LogP contribution in [-0.2, 0) is 10.9 Å². The molecule has 4 nitrogen and oxygen atoms in total. The largest absolute Gasteiger partial charge is 0.416 e. The van der Waals surface area contributed by atoms with E-state index in [2.05, 4.69) is 9.88 Å². The Morgan fingerprint density at radius 1 is 1.25 bits per heavy atom. The maximum atomic E-state index is 12.7. The van der Waals surface area contributed by atoms with Gasteiger partial charge in [0.15, 0.2) is 0 Å². The van der Waals surface area contributed by atoms with Gasteiger partial charge in [-0.15, -0.1) is 0 Å². The van der Waals surface area contributed by atoms with Crippen molar-refractivity contribution in [2.75, 3.05) is 51.3 Å². The molecule has 0 aliphatic carbocycles. The second-order valence-corrected chi connectivity index (χ2v) is 4.72. The molecular weight excluding hydrogens is 271 g/mol. The number of rotatable bonds is 4. The summed E-state index contributed by atoms with van der Waals surface area (Å²) in [4.78, 5) is 8.16. The summed E-state index contributed by atoms with van der Waals surface area (Å²) in [5.74, 6) is 0.395. The molecule has 2 heterocycles. The van der Waals surface area contributed by atoms with Crippen LogP contribution >= 0.6 is 0 Å². The topological polar surface area (TPSA) is 28.6 Å². The van der Waals surface area contributed by atoms with Crippen LogP contribution in [-0.4, -0.2) is 56.3 Å². The van der Waals surface area contributed by atoms with Gasteiger partial charge in [-0.3, -0.25) is 4.90 Å². The summed E-state index contributed by atoms with van der Waals surface area (Å²) in [6, 6.07) is 2.11. The first-order valence-electron chi connectivity index (χ1n) is 6.50. The van der Waals surface area contributed by atoms with E-state index < -0.39 is 11.7 Å². The van der Waals surface area contributed by atoms with Gasteiger partial charge in [-0.2, -0.15) is 13.2 Å². The van der Waals surface area contributed by atoms with E-state index in [0.717, 1.165) is 31.8 Å². The molecule has 0 spiro atoms. The molecule has 112 valence electrons. The van der Waals surface area contributed by atoms with Crippen molar-refractivity contribution < 1.29 is 17.9 Å². The average molecular weight is 289 g/mol. The van der Waals surface area contributed by atoms with Gasteiger partial charge in [-0.05, 0) is 12.1 Å². The molecule has 20 heavy (non-hydrogen) atoms. The molecule has 1 aromatic heterocycles. The molecule has 0 bridgehead atoms. The lowest BCUT2D eigenvalue weighted by atomic mass is 10.2. The molecule has 1 saturated heterocycles. The van der Waals surface area contributed by atoms with Crippen LogP contribution in [0.25, 0.3) is 0 Å². The van der Waals surface area contributed by atoms with Gasteiger partial charge < -0.3 is 9.64 Å². The third kappa shape index (κ3) is 3.83. The number of hydrogen-bond acceptors (Lipinski definition) is 4. The highest BCUT2D eigenvalue weighted by Crippen LogP contribution is 2.30. The van der Waals surface area contributed by atoms with Crippen LogP contribution in [0.2, 0.25) is 0 Å². The van der Waals surface area contributed by atoms with E-state index in [1.807, 2.05) is 4.90 Å². The summed E-state index contributed by atoms with van der Waals surface area (Å²) in [5.41, 5.74) is -0.649. The third-order valence-corrected chi connectivity index (χ3v) is 3.38. The Balaban J connectivity index is 1.97.